The van der Waals surface area contributed by atoms with E-state index in [0.717, 1.165) is 26.1 Å². The third-order valence-electron chi connectivity index (χ3n) is 2.89. The van der Waals surface area contributed by atoms with Crippen LogP contribution in [0.4, 0.5) is 0 Å². The molecule has 4 nitrogen and oxygen atoms in total. The number of aromatic nitrogens is 1. The highest BCUT2D eigenvalue weighted by Gasteiger charge is 2.14. The minimum atomic E-state index is -0.0853. The number of H-pyrrole nitrogens is 1. The lowest BCUT2D eigenvalue weighted by Gasteiger charge is -2.08. The minimum absolute atomic E-state index is 0.0853. The summed E-state index contributed by atoms with van der Waals surface area (Å²) >= 11 is 5.72. The fourth-order valence-electron chi connectivity index (χ4n) is 1.94. The smallest absolute Gasteiger partial charge is 0.267 e. The average molecular weight is 242 g/mol. The van der Waals surface area contributed by atoms with Crippen molar-refractivity contribution in [2.75, 3.05) is 19.6 Å². The summed E-state index contributed by atoms with van der Waals surface area (Å²) in [7, 11) is 0. The zero-order valence-corrected chi connectivity index (χ0v) is 9.81. The Morgan fingerprint density at radius 2 is 2.50 bits per heavy atom. The predicted molar refractivity (Wildman–Crippen MR) is 63.7 cm³/mol. The van der Waals surface area contributed by atoms with Crippen LogP contribution in [0.25, 0.3) is 0 Å². The number of hydrogen-bond acceptors (Lipinski definition) is 2. The van der Waals surface area contributed by atoms with E-state index in [0.29, 0.717) is 16.6 Å². The summed E-state index contributed by atoms with van der Waals surface area (Å²) in [6, 6.07) is 1.63. The quantitative estimate of drug-likeness (QED) is 0.746. The lowest BCUT2D eigenvalue weighted by molar-refractivity contribution is 0.0947. The highest BCUT2D eigenvalue weighted by molar-refractivity contribution is 6.30. The molecule has 1 aliphatic rings. The molecule has 16 heavy (non-hydrogen) atoms. The maximum Gasteiger partial charge on any atom is 0.267 e. The molecule has 5 heteroatoms. The largest absolute Gasteiger partial charge is 0.356 e. The van der Waals surface area contributed by atoms with E-state index in [9.17, 15) is 4.79 Å². The van der Waals surface area contributed by atoms with Gasteiger partial charge in [-0.05, 0) is 37.9 Å². The number of halogens is 1. The van der Waals surface area contributed by atoms with Crippen molar-refractivity contribution in [3.05, 3.63) is 23.0 Å². The van der Waals surface area contributed by atoms with Crippen LogP contribution in [0, 0.1) is 5.92 Å². The van der Waals surface area contributed by atoms with Gasteiger partial charge in [0.1, 0.15) is 5.69 Å². The van der Waals surface area contributed by atoms with Crippen molar-refractivity contribution in [2.45, 2.75) is 12.8 Å². The molecule has 0 radical (unpaired) electrons. The van der Waals surface area contributed by atoms with Gasteiger partial charge in [-0.15, -0.1) is 0 Å². The summed E-state index contributed by atoms with van der Waals surface area (Å²) in [5.74, 6) is 0.616. The molecule has 2 rings (SSSR count). The molecule has 3 N–H and O–H groups in total. The molecule has 1 saturated heterocycles. The van der Waals surface area contributed by atoms with Gasteiger partial charge in [-0.3, -0.25) is 4.79 Å². The SMILES string of the molecule is O=C(NCCC1CCNC1)c1cc(Cl)c[nH]1. The molecule has 1 unspecified atom stereocenters. The second kappa shape index (κ2) is 5.37. The second-order valence-electron chi connectivity index (χ2n) is 4.13. The Kier molecular flexibility index (Phi) is 3.85. The highest BCUT2D eigenvalue weighted by Crippen LogP contribution is 2.11. The Bertz CT molecular complexity index is 358. The molecule has 0 bridgehead atoms. The van der Waals surface area contributed by atoms with Crippen LogP contribution in [0.2, 0.25) is 5.02 Å². The summed E-state index contributed by atoms with van der Waals surface area (Å²) in [4.78, 5) is 14.4. The van der Waals surface area contributed by atoms with Crippen molar-refractivity contribution in [2.24, 2.45) is 5.92 Å². The normalized spacial score (nSPS) is 19.9. The van der Waals surface area contributed by atoms with Crippen molar-refractivity contribution in [1.82, 2.24) is 15.6 Å². The Morgan fingerprint density at radius 3 is 3.12 bits per heavy atom. The van der Waals surface area contributed by atoms with Crippen LogP contribution < -0.4 is 10.6 Å². The number of carbonyl (C=O) groups is 1. The highest BCUT2D eigenvalue weighted by atomic mass is 35.5. The van der Waals surface area contributed by atoms with Crippen molar-refractivity contribution in [3.8, 4) is 0 Å². The number of hydrogen-bond donors (Lipinski definition) is 3. The van der Waals surface area contributed by atoms with Gasteiger partial charge in [-0.1, -0.05) is 11.6 Å². The van der Waals surface area contributed by atoms with Crippen molar-refractivity contribution in [1.29, 1.82) is 0 Å². The number of aromatic amines is 1. The van der Waals surface area contributed by atoms with Gasteiger partial charge in [0, 0.05) is 12.7 Å². The van der Waals surface area contributed by atoms with Crippen LogP contribution in [-0.4, -0.2) is 30.5 Å². The lowest BCUT2D eigenvalue weighted by Crippen LogP contribution is -2.26. The van der Waals surface area contributed by atoms with Gasteiger partial charge in [0.05, 0.1) is 5.02 Å². The number of amides is 1. The standard InChI is InChI=1S/C11H16ClN3O/c12-9-5-10(15-7-9)11(16)14-4-2-8-1-3-13-6-8/h5,7-8,13,15H,1-4,6H2,(H,14,16). The molecule has 0 aliphatic carbocycles. The van der Waals surface area contributed by atoms with E-state index in [4.69, 9.17) is 11.6 Å². The molecule has 1 aromatic rings. The second-order valence-corrected chi connectivity index (χ2v) is 4.57. The van der Waals surface area contributed by atoms with Crippen LogP contribution in [0.3, 0.4) is 0 Å². The van der Waals surface area contributed by atoms with Gasteiger partial charge in [-0.2, -0.15) is 0 Å². The average Bonchev–Trinajstić information content (AvgIpc) is 2.89. The van der Waals surface area contributed by atoms with Crippen LogP contribution >= 0.6 is 11.6 Å². The predicted octanol–water partition coefficient (Wildman–Crippen LogP) is 1.40. The Labute approximate surface area is 99.8 Å². The van der Waals surface area contributed by atoms with E-state index in [1.54, 1.807) is 12.3 Å². The molecule has 1 aliphatic heterocycles. The molecule has 88 valence electrons. The molecular weight excluding hydrogens is 226 g/mol. The summed E-state index contributed by atoms with van der Waals surface area (Å²) < 4.78 is 0. The number of carbonyl (C=O) groups excluding carboxylic acids is 1. The zero-order chi connectivity index (χ0) is 11.4. The minimum Gasteiger partial charge on any atom is -0.356 e. The van der Waals surface area contributed by atoms with Gasteiger partial charge >= 0.3 is 0 Å². The molecule has 1 amide bonds. The Morgan fingerprint density at radius 1 is 1.62 bits per heavy atom. The zero-order valence-electron chi connectivity index (χ0n) is 9.05. The van der Waals surface area contributed by atoms with Crippen LogP contribution in [0.5, 0.6) is 0 Å². The third kappa shape index (κ3) is 3.00. The monoisotopic (exact) mass is 241 g/mol. The first kappa shape index (κ1) is 11.5. The molecule has 0 aromatic carbocycles. The van der Waals surface area contributed by atoms with E-state index in [1.165, 1.54) is 6.42 Å². The van der Waals surface area contributed by atoms with Crippen LogP contribution in [0.15, 0.2) is 12.3 Å². The molecule has 1 aromatic heterocycles. The summed E-state index contributed by atoms with van der Waals surface area (Å²) in [5.41, 5.74) is 0.523. The van der Waals surface area contributed by atoms with E-state index in [-0.39, 0.29) is 5.91 Å². The molecule has 1 atom stereocenters. The maximum absolute atomic E-state index is 11.6. The Hall–Kier alpha value is -1.00. The fraction of sp³-hybridized carbons (Fsp3) is 0.545. The van der Waals surface area contributed by atoms with E-state index >= 15 is 0 Å². The molecule has 0 spiro atoms. The van der Waals surface area contributed by atoms with Crippen LogP contribution in [-0.2, 0) is 0 Å². The first-order valence-electron chi connectivity index (χ1n) is 5.58. The lowest BCUT2D eigenvalue weighted by atomic mass is 10.1. The van der Waals surface area contributed by atoms with Crippen molar-refractivity contribution < 1.29 is 4.79 Å². The van der Waals surface area contributed by atoms with Gasteiger partial charge in [0.2, 0.25) is 0 Å². The maximum atomic E-state index is 11.6. The third-order valence-corrected chi connectivity index (χ3v) is 3.11. The molecule has 0 saturated carbocycles. The molecule has 1 fully saturated rings. The van der Waals surface area contributed by atoms with E-state index in [1.807, 2.05) is 0 Å². The molecule has 2 heterocycles. The number of nitrogens with one attached hydrogen (secondary N) is 3. The first-order chi connectivity index (χ1) is 7.75. The molecular formula is C11H16ClN3O. The summed E-state index contributed by atoms with van der Waals surface area (Å²) in [6.07, 6.45) is 3.86. The van der Waals surface area contributed by atoms with Gasteiger partial charge in [-0.25, -0.2) is 0 Å². The topological polar surface area (TPSA) is 56.9 Å². The van der Waals surface area contributed by atoms with Crippen LogP contribution in [0.1, 0.15) is 23.3 Å². The fourth-order valence-corrected chi connectivity index (χ4v) is 2.11. The van der Waals surface area contributed by atoms with E-state index in [2.05, 4.69) is 15.6 Å². The summed E-state index contributed by atoms with van der Waals surface area (Å²) in [5, 5.41) is 6.75. The number of rotatable bonds is 4. The Balaban J connectivity index is 1.71. The van der Waals surface area contributed by atoms with Gasteiger partial charge in [0.25, 0.3) is 5.91 Å². The summed E-state index contributed by atoms with van der Waals surface area (Å²) in [6.45, 7) is 2.90. The van der Waals surface area contributed by atoms with Gasteiger partial charge in [0.15, 0.2) is 0 Å². The first-order valence-corrected chi connectivity index (χ1v) is 5.96. The van der Waals surface area contributed by atoms with Crippen molar-refractivity contribution >= 4 is 17.5 Å². The van der Waals surface area contributed by atoms with E-state index < -0.39 is 0 Å². The van der Waals surface area contributed by atoms with Crippen molar-refractivity contribution in [3.63, 3.8) is 0 Å². The van der Waals surface area contributed by atoms with Gasteiger partial charge < -0.3 is 15.6 Å².